The average Bonchev–Trinajstić information content (AvgIpc) is 2.79. The van der Waals surface area contributed by atoms with Crippen molar-refractivity contribution in [3.8, 4) is 0 Å². The van der Waals surface area contributed by atoms with Gasteiger partial charge in [0.15, 0.2) is 0 Å². The van der Waals surface area contributed by atoms with Gasteiger partial charge in [0.1, 0.15) is 6.29 Å². The van der Waals surface area contributed by atoms with Gasteiger partial charge in [-0.05, 0) is 40.7 Å². The van der Waals surface area contributed by atoms with Crippen molar-refractivity contribution in [1.82, 2.24) is 9.80 Å². The summed E-state index contributed by atoms with van der Waals surface area (Å²) in [4.78, 5) is 14.5. The van der Waals surface area contributed by atoms with E-state index in [1.54, 1.807) is 6.92 Å². The van der Waals surface area contributed by atoms with E-state index in [-0.39, 0.29) is 6.04 Å². The highest BCUT2D eigenvalue weighted by atomic mass is 16.5. The molecule has 3 atom stereocenters. The van der Waals surface area contributed by atoms with Crippen molar-refractivity contribution in [3.63, 3.8) is 0 Å². The summed E-state index contributed by atoms with van der Waals surface area (Å²) in [5.41, 5.74) is 4.92. The molecule has 5 heteroatoms. The minimum absolute atomic E-state index is 0.296. The van der Waals surface area contributed by atoms with Crippen LogP contribution in [0.5, 0.6) is 0 Å². The minimum atomic E-state index is -0.296. The van der Waals surface area contributed by atoms with E-state index in [1.165, 1.54) is 32.5 Å². The maximum absolute atomic E-state index is 9.38. The average molecular weight is 285 g/mol. The van der Waals surface area contributed by atoms with Crippen LogP contribution in [0, 0.1) is 0 Å². The molecule has 20 heavy (non-hydrogen) atoms. The number of aldehydes is 1. The Bertz CT molecular complexity index is 284. The van der Waals surface area contributed by atoms with Crippen LogP contribution in [-0.2, 0) is 9.53 Å². The maximum Gasteiger partial charge on any atom is 0.136 e. The summed E-state index contributed by atoms with van der Waals surface area (Å²) in [5.74, 6) is 0. The van der Waals surface area contributed by atoms with Crippen molar-refractivity contribution in [3.05, 3.63) is 0 Å². The topological polar surface area (TPSA) is 58.8 Å². The number of hydrogen-bond donors (Lipinski definition) is 1. The first-order valence-corrected chi connectivity index (χ1v) is 7.70. The van der Waals surface area contributed by atoms with Gasteiger partial charge in [-0.3, -0.25) is 4.90 Å². The Kier molecular flexibility index (Phi) is 7.66. The predicted molar refractivity (Wildman–Crippen MR) is 81.8 cm³/mol. The van der Waals surface area contributed by atoms with Gasteiger partial charge in [0.2, 0.25) is 0 Å². The quantitative estimate of drug-likeness (QED) is 0.771. The molecule has 2 aliphatic heterocycles. The van der Waals surface area contributed by atoms with E-state index >= 15 is 0 Å². The Morgan fingerprint density at radius 1 is 1.30 bits per heavy atom. The van der Waals surface area contributed by atoms with E-state index in [1.807, 2.05) is 0 Å². The van der Waals surface area contributed by atoms with E-state index in [0.29, 0.717) is 18.4 Å². The Morgan fingerprint density at radius 3 is 2.50 bits per heavy atom. The van der Waals surface area contributed by atoms with Crippen molar-refractivity contribution in [1.29, 1.82) is 0 Å². The molecule has 2 saturated heterocycles. The molecule has 2 fully saturated rings. The van der Waals surface area contributed by atoms with E-state index in [4.69, 9.17) is 10.5 Å². The molecule has 0 radical (unpaired) electrons. The fourth-order valence-electron chi connectivity index (χ4n) is 2.80. The number of nitrogens with two attached hydrogens (primary N) is 1. The number of likely N-dealkylation sites (N-methyl/N-ethyl adjacent to an activating group) is 1. The highest BCUT2D eigenvalue weighted by Crippen LogP contribution is 2.27. The molecular formula is C15H31N3O2. The van der Waals surface area contributed by atoms with Crippen LogP contribution in [0.1, 0.15) is 33.6 Å². The van der Waals surface area contributed by atoms with Gasteiger partial charge in [0.05, 0.1) is 18.8 Å². The third-order valence-corrected chi connectivity index (χ3v) is 3.87. The fourth-order valence-corrected chi connectivity index (χ4v) is 2.80. The lowest BCUT2D eigenvalue weighted by atomic mass is 10.2. The summed E-state index contributed by atoms with van der Waals surface area (Å²) in [6.07, 6.45) is 3.75. The summed E-state index contributed by atoms with van der Waals surface area (Å²) in [6.45, 7) is 10.5. The molecule has 2 N–H and O–H groups in total. The summed E-state index contributed by atoms with van der Waals surface area (Å²) in [5, 5.41) is 0. The molecule has 0 aromatic carbocycles. The van der Waals surface area contributed by atoms with Gasteiger partial charge in [-0.15, -0.1) is 0 Å². The van der Waals surface area contributed by atoms with Crippen LogP contribution >= 0.6 is 0 Å². The van der Waals surface area contributed by atoms with Crippen LogP contribution in [0.3, 0.4) is 0 Å². The minimum Gasteiger partial charge on any atom is -0.377 e. The van der Waals surface area contributed by atoms with E-state index in [0.717, 1.165) is 12.6 Å². The van der Waals surface area contributed by atoms with Crippen molar-refractivity contribution in [2.45, 2.75) is 57.8 Å². The molecule has 0 spiro atoms. The molecule has 0 saturated carbocycles. The number of rotatable bonds is 4. The number of hydrogen-bond acceptors (Lipinski definition) is 5. The molecule has 0 aliphatic carbocycles. The van der Waals surface area contributed by atoms with Crippen LogP contribution in [0.4, 0.5) is 0 Å². The first kappa shape index (κ1) is 17.6. The maximum atomic E-state index is 9.38. The molecule has 0 aromatic rings. The largest absolute Gasteiger partial charge is 0.377 e. The zero-order valence-electron chi connectivity index (χ0n) is 13.4. The van der Waals surface area contributed by atoms with Crippen LogP contribution < -0.4 is 5.73 Å². The Morgan fingerprint density at radius 2 is 1.95 bits per heavy atom. The summed E-state index contributed by atoms with van der Waals surface area (Å²) < 4.78 is 5.75. The molecule has 0 amide bonds. The number of ether oxygens (including phenoxy) is 1. The monoisotopic (exact) mass is 285 g/mol. The molecule has 3 unspecified atom stereocenters. The third kappa shape index (κ3) is 5.87. The SMILES string of the molecule is CC(C)OCC1CCC2CN(C)CCN12.CC(N)C=O. The normalized spacial score (nSPS) is 28.7. The van der Waals surface area contributed by atoms with Gasteiger partial charge < -0.3 is 20.2 Å². The van der Waals surface area contributed by atoms with Gasteiger partial charge in [0.25, 0.3) is 0 Å². The van der Waals surface area contributed by atoms with Gasteiger partial charge in [-0.25, -0.2) is 0 Å². The smallest absolute Gasteiger partial charge is 0.136 e. The second-order valence-electron chi connectivity index (χ2n) is 6.26. The number of piperazine rings is 1. The number of nitrogens with zero attached hydrogens (tertiary/aromatic N) is 2. The van der Waals surface area contributed by atoms with Gasteiger partial charge >= 0.3 is 0 Å². The molecule has 118 valence electrons. The van der Waals surface area contributed by atoms with Crippen molar-refractivity contribution in [2.75, 3.05) is 33.3 Å². The molecule has 0 bridgehead atoms. The Hall–Kier alpha value is -0.490. The van der Waals surface area contributed by atoms with Crippen molar-refractivity contribution in [2.24, 2.45) is 5.73 Å². The molecule has 5 nitrogen and oxygen atoms in total. The first-order valence-electron chi connectivity index (χ1n) is 7.70. The number of carbonyl (C=O) groups is 1. The predicted octanol–water partition coefficient (Wildman–Crippen LogP) is 0.722. The van der Waals surface area contributed by atoms with Crippen molar-refractivity contribution < 1.29 is 9.53 Å². The summed E-state index contributed by atoms with van der Waals surface area (Å²) in [6, 6.07) is 1.19. The standard InChI is InChI=1S/C12H24N2O.C3H7NO/c1-10(2)15-9-12-5-4-11-8-13(3)6-7-14(11)12;1-3(4)2-5/h10-12H,4-9H2,1-3H3;2-3H,4H2,1H3. The van der Waals surface area contributed by atoms with E-state index in [9.17, 15) is 4.79 Å². The van der Waals surface area contributed by atoms with Crippen LogP contribution in [-0.4, -0.2) is 73.6 Å². The second-order valence-corrected chi connectivity index (χ2v) is 6.26. The fraction of sp³-hybridized carbons (Fsp3) is 0.933. The molecular weight excluding hydrogens is 254 g/mol. The van der Waals surface area contributed by atoms with Crippen LogP contribution in [0.25, 0.3) is 0 Å². The molecule has 2 heterocycles. The van der Waals surface area contributed by atoms with Gasteiger partial charge in [-0.2, -0.15) is 0 Å². The van der Waals surface area contributed by atoms with E-state index in [2.05, 4.69) is 30.7 Å². The Balaban J connectivity index is 0.000000347. The van der Waals surface area contributed by atoms with E-state index < -0.39 is 0 Å². The van der Waals surface area contributed by atoms with Crippen LogP contribution in [0.2, 0.25) is 0 Å². The molecule has 0 aromatic heterocycles. The zero-order chi connectivity index (χ0) is 15.1. The lowest BCUT2D eigenvalue weighted by molar-refractivity contribution is -0.108. The van der Waals surface area contributed by atoms with Crippen LogP contribution in [0.15, 0.2) is 0 Å². The highest BCUT2D eigenvalue weighted by Gasteiger charge is 2.36. The molecule has 2 aliphatic rings. The van der Waals surface area contributed by atoms with Gasteiger partial charge in [0, 0.05) is 31.7 Å². The lowest BCUT2D eigenvalue weighted by Crippen LogP contribution is -2.52. The molecule has 2 rings (SSSR count). The third-order valence-electron chi connectivity index (χ3n) is 3.87. The summed E-state index contributed by atoms with van der Waals surface area (Å²) >= 11 is 0. The van der Waals surface area contributed by atoms with Crippen molar-refractivity contribution >= 4 is 6.29 Å². The lowest BCUT2D eigenvalue weighted by Gasteiger charge is -2.38. The highest BCUT2D eigenvalue weighted by molar-refractivity contribution is 5.55. The zero-order valence-corrected chi connectivity index (χ0v) is 13.4. The summed E-state index contributed by atoms with van der Waals surface area (Å²) in [7, 11) is 2.23. The number of fused-ring (bicyclic) bond motifs is 1. The van der Waals surface area contributed by atoms with Gasteiger partial charge in [-0.1, -0.05) is 0 Å². The first-order chi connectivity index (χ1) is 9.43. The second kappa shape index (κ2) is 8.72. The number of carbonyl (C=O) groups excluding carboxylic acids is 1. The Labute approximate surface area is 123 Å².